The highest BCUT2D eigenvalue weighted by Gasteiger charge is 2.33. The second kappa shape index (κ2) is 6.45. The van der Waals surface area contributed by atoms with Gasteiger partial charge >= 0.3 is 6.03 Å². The van der Waals surface area contributed by atoms with Gasteiger partial charge in [0.2, 0.25) is 0 Å². The number of urea groups is 1. The number of halogens is 1. The summed E-state index contributed by atoms with van der Waals surface area (Å²) in [5.41, 5.74) is -0.155. The van der Waals surface area contributed by atoms with Gasteiger partial charge in [0.05, 0.1) is 9.95 Å². The van der Waals surface area contributed by atoms with E-state index in [0.717, 1.165) is 4.90 Å². The first-order chi connectivity index (χ1) is 12.3. The fraction of sp³-hybridized carbons (Fsp3) is 0.0625. The van der Waals surface area contributed by atoms with Gasteiger partial charge in [-0.05, 0) is 24.3 Å². The van der Waals surface area contributed by atoms with Crippen LogP contribution in [0.5, 0.6) is 0 Å². The number of imide groups is 2. The average Bonchev–Trinajstić information content (AvgIpc) is 3.05. The lowest BCUT2D eigenvalue weighted by Crippen LogP contribution is -2.52. The highest BCUT2D eigenvalue weighted by atomic mass is 35.5. The molecule has 26 heavy (non-hydrogen) atoms. The lowest BCUT2D eigenvalue weighted by atomic mass is 10.1. The number of rotatable bonds is 3. The van der Waals surface area contributed by atoms with E-state index in [-0.39, 0.29) is 33.4 Å². The second-order valence-corrected chi connectivity index (χ2v) is 5.71. The molecule has 0 aliphatic carbocycles. The summed E-state index contributed by atoms with van der Waals surface area (Å²) in [5.74, 6) is -1.25. The summed E-state index contributed by atoms with van der Waals surface area (Å²) in [4.78, 5) is 46.3. The molecule has 10 heteroatoms. The van der Waals surface area contributed by atoms with Crippen LogP contribution in [0.15, 0.2) is 40.3 Å². The number of furan rings is 1. The minimum absolute atomic E-state index is 0.142. The molecule has 1 saturated heterocycles. The molecule has 2 heterocycles. The van der Waals surface area contributed by atoms with E-state index >= 15 is 0 Å². The molecule has 1 aliphatic rings. The van der Waals surface area contributed by atoms with E-state index in [1.165, 1.54) is 43.5 Å². The molecular weight excluding hydrogens is 366 g/mol. The average molecular weight is 376 g/mol. The van der Waals surface area contributed by atoms with Crippen molar-refractivity contribution in [1.29, 1.82) is 0 Å². The molecule has 1 aliphatic heterocycles. The SMILES string of the molecule is CN1C(=O)NC(=O)C(=Cc2ccc(-c3cc([N+](=O)[O-])ccc3Cl)o2)C1=O. The normalized spacial score (nSPS) is 16.2. The zero-order valence-corrected chi connectivity index (χ0v) is 13.9. The maximum atomic E-state index is 12.0. The summed E-state index contributed by atoms with van der Waals surface area (Å²) in [6.45, 7) is 0. The lowest BCUT2D eigenvalue weighted by Gasteiger charge is -2.21. The number of carbonyl (C=O) groups excluding carboxylic acids is 3. The molecule has 9 nitrogen and oxygen atoms in total. The number of hydrogen-bond donors (Lipinski definition) is 1. The third kappa shape index (κ3) is 3.07. The molecule has 1 aromatic heterocycles. The van der Waals surface area contributed by atoms with E-state index in [0.29, 0.717) is 0 Å². The Balaban J connectivity index is 1.97. The second-order valence-electron chi connectivity index (χ2n) is 5.30. The van der Waals surface area contributed by atoms with Crippen molar-refractivity contribution >= 4 is 41.2 Å². The minimum Gasteiger partial charge on any atom is -0.457 e. The molecule has 1 aromatic carbocycles. The molecule has 2 aromatic rings. The Kier molecular flexibility index (Phi) is 4.31. The van der Waals surface area contributed by atoms with Crippen LogP contribution in [0, 0.1) is 10.1 Å². The van der Waals surface area contributed by atoms with Gasteiger partial charge in [0.1, 0.15) is 17.1 Å². The highest BCUT2D eigenvalue weighted by molar-refractivity contribution is 6.33. The van der Waals surface area contributed by atoms with Crippen molar-refractivity contribution in [3.63, 3.8) is 0 Å². The van der Waals surface area contributed by atoms with Crippen LogP contribution in [-0.2, 0) is 9.59 Å². The van der Waals surface area contributed by atoms with Crippen LogP contribution in [-0.4, -0.2) is 34.7 Å². The predicted octanol–water partition coefficient (Wildman–Crippen LogP) is 2.60. The summed E-state index contributed by atoms with van der Waals surface area (Å²) in [7, 11) is 1.23. The molecule has 0 saturated carbocycles. The van der Waals surface area contributed by atoms with Gasteiger partial charge in [-0.15, -0.1) is 0 Å². The molecule has 0 bridgehead atoms. The molecule has 0 unspecified atom stereocenters. The molecule has 0 atom stereocenters. The van der Waals surface area contributed by atoms with E-state index in [2.05, 4.69) is 0 Å². The minimum atomic E-state index is -0.843. The first-order valence-electron chi connectivity index (χ1n) is 7.17. The van der Waals surface area contributed by atoms with E-state index in [4.69, 9.17) is 16.0 Å². The third-order valence-electron chi connectivity index (χ3n) is 3.64. The van der Waals surface area contributed by atoms with Crippen LogP contribution in [0.2, 0.25) is 5.02 Å². The molecule has 1 N–H and O–H groups in total. The Bertz CT molecular complexity index is 994. The number of nitrogens with zero attached hydrogens (tertiary/aromatic N) is 2. The van der Waals surface area contributed by atoms with Gasteiger partial charge < -0.3 is 4.42 Å². The summed E-state index contributed by atoms with van der Waals surface area (Å²) in [5, 5.41) is 13.2. The Labute approximate surface area is 151 Å². The van der Waals surface area contributed by atoms with Crippen LogP contribution in [0.25, 0.3) is 17.4 Å². The van der Waals surface area contributed by atoms with Gasteiger partial charge in [-0.3, -0.25) is 29.9 Å². The number of nitro groups is 1. The monoisotopic (exact) mass is 375 g/mol. The largest absolute Gasteiger partial charge is 0.457 e. The summed E-state index contributed by atoms with van der Waals surface area (Å²) in [6, 6.07) is 6.03. The van der Waals surface area contributed by atoms with Gasteiger partial charge in [0.15, 0.2) is 0 Å². The number of benzene rings is 1. The van der Waals surface area contributed by atoms with Crippen molar-refractivity contribution in [2.45, 2.75) is 0 Å². The van der Waals surface area contributed by atoms with Crippen molar-refractivity contribution in [2.24, 2.45) is 0 Å². The van der Waals surface area contributed by atoms with Crippen molar-refractivity contribution in [3.8, 4) is 11.3 Å². The smallest absolute Gasteiger partial charge is 0.331 e. The van der Waals surface area contributed by atoms with Crippen molar-refractivity contribution in [2.75, 3.05) is 7.05 Å². The maximum Gasteiger partial charge on any atom is 0.331 e. The quantitative estimate of drug-likeness (QED) is 0.380. The van der Waals surface area contributed by atoms with E-state index in [1.54, 1.807) is 0 Å². The fourth-order valence-corrected chi connectivity index (χ4v) is 2.49. The Morgan fingerprint density at radius 3 is 2.65 bits per heavy atom. The topological polar surface area (TPSA) is 123 Å². The number of nitrogens with one attached hydrogen (secondary N) is 1. The molecule has 0 spiro atoms. The number of carbonyl (C=O) groups is 3. The first-order valence-corrected chi connectivity index (χ1v) is 7.55. The number of non-ortho nitro benzene ring substituents is 1. The molecular formula is C16H10ClN3O6. The van der Waals surface area contributed by atoms with Crippen LogP contribution >= 0.6 is 11.6 Å². The number of barbiturate groups is 1. The molecule has 1 fully saturated rings. The fourth-order valence-electron chi connectivity index (χ4n) is 2.28. The zero-order chi connectivity index (χ0) is 19.0. The molecule has 0 radical (unpaired) electrons. The predicted molar refractivity (Wildman–Crippen MR) is 90.1 cm³/mol. The highest BCUT2D eigenvalue weighted by Crippen LogP contribution is 2.33. The van der Waals surface area contributed by atoms with Crippen molar-refractivity contribution in [3.05, 3.63) is 56.8 Å². The van der Waals surface area contributed by atoms with Crippen LogP contribution in [0.4, 0.5) is 10.5 Å². The summed E-state index contributed by atoms with van der Waals surface area (Å²) < 4.78 is 5.53. The molecule has 4 amide bonds. The van der Waals surface area contributed by atoms with Gasteiger partial charge in [0, 0.05) is 24.7 Å². The van der Waals surface area contributed by atoms with E-state index in [9.17, 15) is 24.5 Å². The Hall–Kier alpha value is -3.46. The van der Waals surface area contributed by atoms with Crippen molar-refractivity contribution in [1.82, 2.24) is 10.2 Å². The Morgan fingerprint density at radius 2 is 1.96 bits per heavy atom. The number of hydrogen-bond acceptors (Lipinski definition) is 6. The van der Waals surface area contributed by atoms with Crippen molar-refractivity contribution < 1.29 is 23.7 Å². The third-order valence-corrected chi connectivity index (χ3v) is 3.97. The standard InChI is InChI=1S/C16H10ClN3O6/c1-19-15(22)11(14(21)18-16(19)23)7-9-3-5-13(26-9)10-6-8(20(24)25)2-4-12(10)17/h2-7H,1H3,(H,18,21,23). The summed E-state index contributed by atoms with van der Waals surface area (Å²) >= 11 is 6.06. The van der Waals surface area contributed by atoms with Crippen LogP contribution in [0.3, 0.4) is 0 Å². The lowest BCUT2D eigenvalue weighted by molar-refractivity contribution is -0.384. The molecule has 132 valence electrons. The molecule has 3 rings (SSSR count). The van der Waals surface area contributed by atoms with E-state index in [1.807, 2.05) is 5.32 Å². The van der Waals surface area contributed by atoms with Crippen LogP contribution < -0.4 is 5.32 Å². The van der Waals surface area contributed by atoms with E-state index < -0.39 is 22.8 Å². The Morgan fingerprint density at radius 1 is 1.23 bits per heavy atom. The van der Waals surface area contributed by atoms with Gasteiger partial charge in [-0.25, -0.2) is 4.79 Å². The summed E-state index contributed by atoms with van der Waals surface area (Å²) in [6.07, 6.45) is 1.18. The number of amides is 4. The van der Waals surface area contributed by atoms with Gasteiger partial charge in [-0.2, -0.15) is 0 Å². The zero-order valence-electron chi connectivity index (χ0n) is 13.2. The maximum absolute atomic E-state index is 12.0. The van der Waals surface area contributed by atoms with Crippen LogP contribution in [0.1, 0.15) is 5.76 Å². The first kappa shape index (κ1) is 17.4. The van der Waals surface area contributed by atoms with Gasteiger partial charge in [-0.1, -0.05) is 11.6 Å². The number of nitro benzene ring substituents is 1. The van der Waals surface area contributed by atoms with Gasteiger partial charge in [0.25, 0.3) is 17.5 Å². The number of likely N-dealkylation sites (N-methyl/N-ethyl adjacent to an activating group) is 1.